The smallest absolute Gasteiger partial charge is 0.396 e. The molecule has 134 valence electrons. The molecule has 0 aliphatic carbocycles. The highest BCUT2D eigenvalue weighted by Crippen LogP contribution is 2.48. The van der Waals surface area contributed by atoms with Crippen molar-refractivity contribution >= 4 is 22.7 Å². The van der Waals surface area contributed by atoms with E-state index in [-0.39, 0.29) is 5.69 Å². The van der Waals surface area contributed by atoms with E-state index >= 15 is 0 Å². The summed E-state index contributed by atoms with van der Waals surface area (Å²) in [5.41, 5.74) is -0.191. The second-order valence-corrected chi connectivity index (χ2v) is 5.05. The number of nitro groups is 2. The fourth-order valence-corrected chi connectivity index (χ4v) is 2.42. The van der Waals surface area contributed by atoms with Gasteiger partial charge in [-0.3, -0.25) is 20.2 Å². The monoisotopic (exact) mass is 350 g/mol. The summed E-state index contributed by atoms with van der Waals surface area (Å²) in [6.45, 7) is 4.18. The lowest BCUT2D eigenvalue weighted by atomic mass is 10.0. The van der Waals surface area contributed by atoms with Crippen molar-refractivity contribution in [3.8, 4) is 0 Å². The first kappa shape index (κ1) is 19.5. The van der Waals surface area contributed by atoms with Crippen molar-refractivity contribution in [2.24, 2.45) is 0 Å². The molecule has 24 heavy (non-hydrogen) atoms. The van der Waals surface area contributed by atoms with Crippen LogP contribution in [0.4, 0.5) is 35.9 Å². The molecular weight excluding hydrogens is 333 g/mol. The minimum atomic E-state index is -5.20. The molecule has 1 rings (SSSR count). The topological polar surface area (TPSA) is 116 Å². The van der Waals surface area contributed by atoms with Gasteiger partial charge in [-0.25, -0.2) is 0 Å². The number of nitrogens with zero attached hydrogens (tertiary/aromatic N) is 3. The van der Waals surface area contributed by atoms with Crippen molar-refractivity contribution in [1.29, 1.82) is 0 Å². The largest absolute Gasteiger partial charge is 0.425 e. The zero-order chi connectivity index (χ0) is 18.7. The number of halogens is 3. The molecule has 0 amide bonds. The fourth-order valence-electron chi connectivity index (χ4n) is 2.42. The average Bonchev–Trinajstić information content (AvgIpc) is 2.44. The van der Waals surface area contributed by atoms with Gasteiger partial charge in [-0.05, 0) is 12.8 Å². The molecule has 0 aromatic heterocycles. The second kappa shape index (κ2) is 7.32. The quantitative estimate of drug-likeness (QED) is 0.455. The molecule has 0 aliphatic heterocycles. The van der Waals surface area contributed by atoms with Crippen LogP contribution in [0.15, 0.2) is 6.07 Å². The normalized spacial score (nSPS) is 11.4. The van der Waals surface area contributed by atoms with Gasteiger partial charge < -0.3 is 10.6 Å². The summed E-state index contributed by atoms with van der Waals surface area (Å²) in [6, 6.07) is 0.744. The maximum Gasteiger partial charge on any atom is 0.425 e. The molecule has 0 radical (unpaired) electrons. The van der Waals surface area contributed by atoms with Gasteiger partial charge in [0.2, 0.25) is 0 Å². The highest BCUT2D eigenvalue weighted by Gasteiger charge is 2.47. The van der Waals surface area contributed by atoms with E-state index in [4.69, 9.17) is 5.73 Å². The summed E-state index contributed by atoms with van der Waals surface area (Å²) < 4.78 is 39.9. The standard InChI is InChI=1S/C13H17F3N4O4/c1-3-5-18(6-4-2)8-7-9(19(21)22)12(20(23)24)10(11(8)17)13(14,15)16/h7H,3-6,17H2,1-2H3. The Morgan fingerprint density at radius 2 is 1.62 bits per heavy atom. The molecule has 0 saturated heterocycles. The summed E-state index contributed by atoms with van der Waals surface area (Å²) in [7, 11) is 0. The molecule has 0 spiro atoms. The van der Waals surface area contributed by atoms with Gasteiger partial charge in [-0.1, -0.05) is 13.8 Å². The van der Waals surface area contributed by atoms with Crippen LogP contribution in [0.2, 0.25) is 0 Å². The summed E-state index contributed by atoms with van der Waals surface area (Å²) in [5, 5.41) is 22.1. The van der Waals surface area contributed by atoms with Crippen molar-refractivity contribution in [3.05, 3.63) is 31.9 Å². The van der Waals surface area contributed by atoms with Crippen LogP contribution < -0.4 is 10.6 Å². The Morgan fingerprint density at radius 3 is 1.96 bits per heavy atom. The van der Waals surface area contributed by atoms with E-state index in [1.165, 1.54) is 4.90 Å². The predicted molar refractivity (Wildman–Crippen MR) is 82.0 cm³/mol. The molecule has 1 aromatic rings. The van der Waals surface area contributed by atoms with Crippen LogP contribution >= 0.6 is 0 Å². The first-order valence-corrected chi connectivity index (χ1v) is 7.13. The predicted octanol–water partition coefficient (Wildman–Crippen LogP) is 3.73. The Morgan fingerprint density at radius 1 is 1.12 bits per heavy atom. The van der Waals surface area contributed by atoms with Crippen LogP contribution in [0.3, 0.4) is 0 Å². The fraction of sp³-hybridized carbons (Fsp3) is 0.538. The molecule has 1 aromatic carbocycles. The summed E-state index contributed by atoms with van der Waals surface area (Å²) in [6.07, 6.45) is -4.07. The lowest BCUT2D eigenvalue weighted by Gasteiger charge is -2.26. The number of nitrogen functional groups attached to an aromatic ring is 1. The maximum atomic E-state index is 13.3. The number of hydrogen-bond acceptors (Lipinski definition) is 6. The second-order valence-electron chi connectivity index (χ2n) is 5.05. The van der Waals surface area contributed by atoms with E-state index in [1.807, 2.05) is 0 Å². The number of anilines is 2. The number of benzene rings is 1. The van der Waals surface area contributed by atoms with Crippen molar-refractivity contribution < 1.29 is 23.0 Å². The Bertz CT molecular complexity index is 643. The number of nitro benzene ring substituents is 2. The van der Waals surface area contributed by atoms with Crippen LogP contribution in [0.5, 0.6) is 0 Å². The molecule has 0 aliphatic rings. The first-order valence-electron chi connectivity index (χ1n) is 7.13. The summed E-state index contributed by atoms with van der Waals surface area (Å²) >= 11 is 0. The lowest BCUT2D eigenvalue weighted by Crippen LogP contribution is -2.27. The molecule has 8 nitrogen and oxygen atoms in total. The van der Waals surface area contributed by atoms with Gasteiger partial charge in [0.1, 0.15) is 0 Å². The van der Waals surface area contributed by atoms with Gasteiger partial charge in [0.05, 0.1) is 21.2 Å². The highest BCUT2D eigenvalue weighted by atomic mass is 19.4. The van der Waals surface area contributed by atoms with E-state index in [9.17, 15) is 33.4 Å². The van der Waals surface area contributed by atoms with Gasteiger partial charge in [-0.2, -0.15) is 13.2 Å². The molecule has 0 bridgehead atoms. The van der Waals surface area contributed by atoms with Crippen LogP contribution in [0.25, 0.3) is 0 Å². The highest BCUT2D eigenvalue weighted by molar-refractivity contribution is 5.82. The third kappa shape index (κ3) is 3.84. The molecule has 0 heterocycles. The summed E-state index contributed by atoms with van der Waals surface area (Å²) in [4.78, 5) is 20.9. The third-order valence-electron chi connectivity index (χ3n) is 3.29. The molecule has 0 unspecified atom stereocenters. The molecule has 11 heteroatoms. The number of rotatable bonds is 7. The van der Waals surface area contributed by atoms with E-state index in [1.54, 1.807) is 13.8 Å². The number of alkyl halides is 3. The van der Waals surface area contributed by atoms with Crippen molar-refractivity contribution in [2.75, 3.05) is 23.7 Å². The van der Waals surface area contributed by atoms with E-state index in [2.05, 4.69) is 0 Å². The molecule has 0 fully saturated rings. The van der Waals surface area contributed by atoms with E-state index in [0.717, 1.165) is 6.07 Å². The van der Waals surface area contributed by atoms with E-state index < -0.39 is 38.6 Å². The van der Waals surface area contributed by atoms with E-state index in [0.29, 0.717) is 25.9 Å². The zero-order valence-electron chi connectivity index (χ0n) is 13.1. The lowest BCUT2D eigenvalue weighted by molar-refractivity contribution is -0.424. The first-order chi connectivity index (χ1) is 11.1. The van der Waals surface area contributed by atoms with Gasteiger partial charge in [0.25, 0.3) is 0 Å². The zero-order valence-corrected chi connectivity index (χ0v) is 13.1. The third-order valence-corrected chi connectivity index (χ3v) is 3.29. The maximum absolute atomic E-state index is 13.3. The SMILES string of the molecule is CCCN(CCC)c1cc([N+](=O)[O-])c([N+](=O)[O-])c(C(F)(F)F)c1N. The summed E-state index contributed by atoms with van der Waals surface area (Å²) in [5.74, 6) is 0. The Labute approximate surface area is 135 Å². The van der Waals surface area contributed by atoms with Gasteiger partial charge in [0.15, 0.2) is 5.56 Å². The Kier molecular flexibility index (Phi) is 5.93. The molecule has 0 atom stereocenters. The van der Waals surface area contributed by atoms with Crippen LogP contribution in [-0.2, 0) is 6.18 Å². The Balaban J connectivity index is 3.84. The molecular formula is C13H17F3N4O4. The van der Waals surface area contributed by atoms with Crippen molar-refractivity contribution in [3.63, 3.8) is 0 Å². The average molecular weight is 350 g/mol. The van der Waals surface area contributed by atoms with Crippen LogP contribution in [-0.4, -0.2) is 22.9 Å². The molecule has 0 saturated carbocycles. The minimum Gasteiger partial charge on any atom is -0.396 e. The van der Waals surface area contributed by atoms with Gasteiger partial charge >= 0.3 is 17.6 Å². The Hall–Kier alpha value is -2.59. The molecule has 2 N–H and O–H groups in total. The van der Waals surface area contributed by atoms with Gasteiger partial charge in [0, 0.05) is 19.2 Å². The van der Waals surface area contributed by atoms with Crippen LogP contribution in [0, 0.1) is 20.2 Å². The number of nitrogens with two attached hydrogens (primary N) is 1. The van der Waals surface area contributed by atoms with Gasteiger partial charge in [-0.15, -0.1) is 0 Å². The van der Waals surface area contributed by atoms with Crippen LogP contribution in [0.1, 0.15) is 32.3 Å². The van der Waals surface area contributed by atoms with Crippen molar-refractivity contribution in [1.82, 2.24) is 0 Å². The number of hydrogen-bond donors (Lipinski definition) is 1. The van der Waals surface area contributed by atoms with Crippen molar-refractivity contribution in [2.45, 2.75) is 32.9 Å². The minimum absolute atomic E-state index is 0.219.